The molecule has 4 nitrogen and oxygen atoms in total. The average molecular weight is 348 g/mol. The number of thiazole rings is 1. The minimum absolute atomic E-state index is 0.403. The fourth-order valence-corrected chi connectivity index (χ4v) is 4.13. The first-order valence-corrected chi connectivity index (χ1v) is 9.06. The maximum Gasteiger partial charge on any atom is 0.198 e. The molecule has 0 saturated carbocycles. The number of oxazole rings is 1. The van der Waals surface area contributed by atoms with Crippen LogP contribution in [0, 0.1) is 6.92 Å². The quantitative estimate of drug-likeness (QED) is 0.693. The molecule has 0 spiro atoms. The van der Waals surface area contributed by atoms with E-state index < -0.39 is 0 Å². The largest absolute Gasteiger partial charge is 0.440 e. The van der Waals surface area contributed by atoms with Gasteiger partial charge in [-0.2, -0.15) is 0 Å². The maximum atomic E-state index is 6.02. The highest BCUT2D eigenvalue weighted by Gasteiger charge is 2.25. The van der Waals surface area contributed by atoms with Crippen molar-refractivity contribution in [3.05, 3.63) is 45.2 Å². The van der Waals surface area contributed by atoms with E-state index in [2.05, 4.69) is 21.8 Å². The molecular weight excluding hydrogens is 330 g/mol. The molecule has 23 heavy (non-hydrogen) atoms. The van der Waals surface area contributed by atoms with Crippen LogP contribution in [-0.2, 0) is 6.54 Å². The van der Waals surface area contributed by atoms with E-state index in [0.29, 0.717) is 10.9 Å². The van der Waals surface area contributed by atoms with Crippen LogP contribution in [0.4, 0.5) is 0 Å². The fourth-order valence-electron chi connectivity index (χ4n) is 3.13. The minimum Gasteiger partial charge on any atom is -0.440 e. The van der Waals surface area contributed by atoms with Crippen molar-refractivity contribution < 1.29 is 4.42 Å². The Balaban J connectivity index is 1.42. The van der Waals surface area contributed by atoms with Gasteiger partial charge in [0.1, 0.15) is 5.52 Å². The Morgan fingerprint density at radius 1 is 1.35 bits per heavy atom. The summed E-state index contributed by atoms with van der Waals surface area (Å²) in [6.07, 6.45) is 4.16. The van der Waals surface area contributed by atoms with Crippen LogP contribution < -0.4 is 0 Å². The van der Waals surface area contributed by atoms with Crippen LogP contribution in [0.25, 0.3) is 11.1 Å². The normalized spacial score (nSPS) is 17.1. The number of hydrogen-bond acceptors (Lipinski definition) is 5. The first-order valence-electron chi connectivity index (χ1n) is 7.87. The Kier molecular flexibility index (Phi) is 4.09. The zero-order valence-electron chi connectivity index (χ0n) is 13.0. The fraction of sp³-hybridized carbons (Fsp3) is 0.412. The first kappa shape index (κ1) is 15.1. The van der Waals surface area contributed by atoms with E-state index in [4.69, 9.17) is 16.0 Å². The van der Waals surface area contributed by atoms with Crippen molar-refractivity contribution in [1.82, 2.24) is 14.9 Å². The number of piperidine rings is 1. The molecule has 0 atom stereocenters. The lowest BCUT2D eigenvalue weighted by molar-refractivity contribution is 0.195. The summed E-state index contributed by atoms with van der Waals surface area (Å²) in [6.45, 7) is 5.20. The van der Waals surface area contributed by atoms with Crippen LogP contribution in [0.2, 0.25) is 5.02 Å². The molecule has 3 aromatic rings. The lowest BCUT2D eigenvalue weighted by atomic mass is 9.97. The van der Waals surface area contributed by atoms with Crippen LogP contribution in [0.5, 0.6) is 0 Å². The van der Waals surface area contributed by atoms with E-state index in [-0.39, 0.29) is 0 Å². The Hall–Kier alpha value is -1.43. The highest BCUT2D eigenvalue weighted by molar-refractivity contribution is 7.11. The maximum absolute atomic E-state index is 6.02. The van der Waals surface area contributed by atoms with Gasteiger partial charge in [0.15, 0.2) is 11.5 Å². The highest BCUT2D eigenvalue weighted by Crippen LogP contribution is 2.31. The molecule has 120 valence electrons. The summed E-state index contributed by atoms with van der Waals surface area (Å²) in [6, 6.07) is 5.61. The lowest BCUT2D eigenvalue weighted by Crippen LogP contribution is -2.32. The Morgan fingerprint density at radius 2 is 2.17 bits per heavy atom. The molecule has 0 N–H and O–H groups in total. The molecule has 0 amide bonds. The number of benzene rings is 1. The summed E-state index contributed by atoms with van der Waals surface area (Å²) >= 11 is 7.81. The molecule has 0 bridgehead atoms. The third-order valence-corrected chi connectivity index (χ3v) is 5.48. The van der Waals surface area contributed by atoms with Gasteiger partial charge in [-0.1, -0.05) is 11.6 Å². The van der Waals surface area contributed by atoms with E-state index in [9.17, 15) is 0 Å². The molecular formula is C17H18ClN3OS. The van der Waals surface area contributed by atoms with Crippen LogP contribution in [0.15, 0.2) is 28.8 Å². The van der Waals surface area contributed by atoms with Crippen LogP contribution in [-0.4, -0.2) is 28.0 Å². The molecule has 1 aliphatic heterocycles. The molecule has 2 aromatic heterocycles. The molecule has 0 unspecified atom stereocenters. The monoisotopic (exact) mass is 347 g/mol. The topological polar surface area (TPSA) is 42.2 Å². The molecule has 1 aromatic carbocycles. The lowest BCUT2D eigenvalue weighted by Gasteiger charge is -2.29. The number of fused-ring (bicyclic) bond motifs is 1. The van der Waals surface area contributed by atoms with Gasteiger partial charge in [0.2, 0.25) is 0 Å². The number of likely N-dealkylation sites (tertiary alicyclic amines) is 1. The SMILES string of the molecule is Cc1ncc(CN2CCC(c3nc4cc(Cl)ccc4o3)CC2)s1. The third kappa shape index (κ3) is 3.27. The number of halogens is 1. The molecule has 0 aliphatic carbocycles. The van der Waals surface area contributed by atoms with Gasteiger partial charge < -0.3 is 4.42 Å². The van der Waals surface area contributed by atoms with Gasteiger partial charge in [-0.15, -0.1) is 11.3 Å². The molecule has 1 fully saturated rings. The first-order chi connectivity index (χ1) is 11.2. The van der Waals surface area contributed by atoms with E-state index in [1.165, 1.54) is 4.88 Å². The minimum atomic E-state index is 0.403. The number of aryl methyl sites for hydroxylation is 1. The Morgan fingerprint density at radius 3 is 2.91 bits per heavy atom. The number of hydrogen-bond donors (Lipinski definition) is 0. The summed E-state index contributed by atoms with van der Waals surface area (Å²) < 4.78 is 5.92. The molecule has 1 aliphatic rings. The van der Waals surface area contributed by atoms with E-state index in [1.807, 2.05) is 24.4 Å². The summed E-state index contributed by atoms with van der Waals surface area (Å²) in [5, 5.41) is 1.84. The van der Waals surface area contributed by atoms with Crippen molar-refractivity contribution in [3.63, 3.8) is 0 Å². The van der Waals surface area contributed by atoms with E-state index >= 15 is 0 Å². The van der Waals surface area contributed by atoms with Crippen LogP contribution in [0.1, 0.15) is 34.5 Å². The van der Waals surface area contributed by atoms with Crippen molar-refractivity contribution in [1.29, 1.82) is 0 Å². The van der Waals surface area contributed by atoms with E-state index in [1.54, 1.807) is 11.3 Å². The second-order valence-electron chi connectivity index (χ2n) is 6.06. The standard InChI is InChI=1S/C17H18ClN3OS/c1-11-19-9-14(23-11)10-21-6-4-12(5-7-21)17-20-15-8-13(18)2-3-16(15)22-17/h2-3,8-9,12H,4-7,10H2,1H3. The van der Waals surface area contributed by atoms with Crippen molar-refractivity contribution in [3.8, 4) is 0 Å². The molecule has 0 radical (unpaired) electrons. The molecule has 1 saturated heterocycles. The summed E-state index contributed by atoms with van der Waals surface area (Å²) in [5.74, 6) is 1.26. The van der Waals surface area contributed by atoms with Gasteiger partial charge in [-0.3, -0.25) is 4.90 Å². The van der Waals surface area contributed by atoms with Gasteiger partial charge >= 0.3 is 0 Å². The van der Waals surface area contributed by atoms with Gasteiger partial charge in [0.05, 0.1) is 5.01 Å². The Labute approximate surface area is 144 Å². The van der Waals surface area contributed by atoms with Crippen LogP contribution in [0.3, 0.4) is 0 Å². The zero-order chi connectivity index (χ0) is 15.8. The predicted molar refractivity (Wildman–Crippen MR) is 93.1 cm³/mol. The summed E-state index contributed by atoms with van der Waals surface area (Å²) in [5.41, 5.74) is 1.68. The third-order valence-electron chi connectivity index (χ3n) is 4.35. The van der Waals surface area contributed by atoms with Crippen molar-refractivity contribution in [2.75, 3.05) is 13.1 Å². The van der Waals surface area contributed by atoms with Crippen molar-refractivity contribution in [2.45, 2.75) is 32.2 Å². The number of nitrogens with zero attached hydrogens (tertiary/aromatic N) is 3. The second kappa shape index (κ2) is 6.23. The second-order valence-corrected chi connectivity index (χ2v) is 7.82. The Bertz CT molecular complexity index is 820. The number of rotatable bonds is 3. The molecule has 4 rings (SSSR count). The predicted octanol–water partition coefficient (Wildman–Crippen LogP) is 4.63. The van der Waals surface area contributed by atoms with E-state index in [0.717, 1.165) is 54.5 Å². The van der Waals surface area contributed by atoms with Gasteiger partial charge in [-0.05, 0) is 51.1 Å². The zero-order valence-corrected chi connectivity index (χ0v) is 14.5. The molecule has 3 heterocycles. The van der Waals surface area contributed by atoms with Gasteiger partial charge in [-0.25, -0.2) is 9.97 Å². The van der Waals surface area contributed by atoms with Gasteiger partial charge in [0, 0.05) is 28.6 Å². The molecule has 6 heteroatoms. The van der Waals surface area contributed by atoms with Gasteiger partial charge in [0.25, 0.3) is 0 Å². The summed E-state index contributed by atoms with van der Waals surface area (Å²) in [7, 11) is 0. The van der Waals surface area contributed by atoms with Crippen molar-refractivity contribution in [2.24, 2.45) is 0 Å². The number of aromatic nitrogens is 2. The van der Waals surface area contributed by atoms with Crippen LogP contribution >= 0.6 is 22.9 Å². The van der Waals surface area contributed by atoms with Crippen molar-refractivity contribution >= 4 is 34.0 Å². The smallest absolute Gasteiger partial charge is 0.198 e. The highest BCUT2D eigenvalue weighted by atomic mass is 35.5. The average Bonchev–Trinajstić information content (AvgIpc) is 3.14. The summed E-state index contributed by atoms with van der Waals surface area (Å²) in [4.78, 5) is 12.8.